The van der Waals surface area contributed by atoms with Gasteiger partial charge in [0, 0.05) is 11.6 Å². The summed E-state index contributed by atoms with van der Waals surface area (Å²) in [6.45, 7) is 7.14. The van der Waals surface area contributed by atoms with Crippen LogP contribution in [0.25, 0.3) is 11.4 Å². The summed E-state index contributed by atoms with van der Waals surface area (Å²) < 4.78 is 18.6. The van der Waals surface area contributed by atoms with Gasteiger partial charge < -0.3 is 9.84 Å². The van der Waals surface area contributed by atoms with E-state index in [2.05, 4.69) is 36.2 Å². The Morgan fingerprint density at radius 2 is 2.15 bits per heavy atom. The maximum absolute atomic E-state index is 13.2. The Hall–Kier alpha value is -1.75. The molecule has 1 N–H and O–H groups in total. The third-order valence-corrected chi connectivity index (χ3v) is 3.41. The molecule has 4 nitrogen and oxygen atoms in total. The lowest BCUT2D eigenvalue weighted by molar-refractivity contribution is 0.318. The quantitative estimate of drug-likeness (QED) is 0.879. The second-order valence-electron chi connectivity index (χ2n) is 4.83. The number of nitrogens with one attached hydrogen (secondary N) is 1. The van der Waals surface area contributed by atoms with Gasteiger partial charge in [-0.25, -0.2) is 4.39 Å². The highest BCUT2D eigenvalue weighted by Crippen LogP contribution is 2.25. The highest BCUT2D eigenvalue weighted by atomic mass is 19.1. The molecule has 5 heteroatoms. The molecule has 0 spiro atoms. The minimum absolute atomic E-state index is 0.157. The van der Waals surface area contributed by atoms with Gasteiger partial charge in [0.2, 0.25) is 11.7 Å². The predicted octanol–water partition coefficient (Wildman–Crippen LogP) is 3.37. The zero-order chi connectivity index (χ0) is 14.5. The van der Waals surface area contributed by atoms with Crippen LogP contribution in [0.15, 0.2) is 28.8 Å². The summed E-state index contributed by atoms with van der Waals surface area (Å²) in [7, 11) is 0. The molecular weight excluding hydrogens is 257 g/mol. The zero-order valence-electron chi connectivity index (χ0n) is 12.1. The van der Waals surface area contributed by atoms with Crippen molar-refractivity contribution in [1.29, 1.82) is 0 Å². The Labute approximate surface area is 118 Å². The highest BCUT2D eigenvalue weighted by molar-refractivity contribution is 5.53. The monoisotopic (exact) mass is 277 g/mol. The molecule has 2 aromatic rings. The van der Waals surface area contributed by atoms with Gasteiger partial charge in [-0.15, -0.1) is 0 Å². The first-order valence-corrected chi connectivity index (χ1v) is 6.98. The van der Waals surface area contributed by atoms with Gasteiger partial charge in [0.05, 0.1) is 5.92 Å². The lowest BCUT2D eigenvalue weighted by Gasteiger charge is -2.19. The van der Waals surface area contributed by atoms with Crippen molar-refractivity contribution in [2.45, 2.75) is 39.2 Å². The zero-order valence-corrected chi connectivity index (χ0v) is 12.1. The van der Waals surface area contributed by atoms with E-state index < -0.39 is 0 Å². The Morgan fingerprint density at radius 1 is 1.35 bits per heavy atom. The fourth-order valence-electron chi connectivity index (χ4n) is 2.34. The molecule has 20 heavy (non-hydrogen) atoms. The first kappa shape index (κ1) is 14.7. The van der Waals surface area contributed by atoms with E-state index in [4.69, 9.17) is 4.52 Å². The van der Waals surface area contributed by atoms with E-state index in [-0.39, 0.29) is 17.8 Å². The van der Waals surface area contributed by atoms with Crippen LogP contribution in [-0.2, 0) is 0 Å². The van der Waals surface area contributed by atoms with Gasteiger partial charge in [-0.05, 0) is 32.0 Å². The van der Waals surface area contributed by atoms with Crippen LogP contribution in [-0.4, -0.2) is 22.7 Å². The highest BCUT2D eigenvalue weighted by Gasteiger charge is 2.23. The molecule has 108 valence electrons. The molecule has 2 atom stereocenters. The van der Waals surface area contributed by atoms with Crippen molar-refractivity contribution in [2.75, 3.05) is 6.54 Å². The smallest absolute Gasteiger partial charge is 0.231 e. The largest absolute Gasteiger partial charge is 0.339 e. The summed E-state index contributed by atoms with van der Waals surface area (Å²) in [4.78, 5) is 4.41. The van der Waals surface area contributed by atoms with Crippen LogP contribution in [0, 0.1) is 5.82 Å². The molecule has 0 amide bonds. The minimum atomic E-state index is -0.304. The number of likely N-dealkylation sites (N-methyl/N-ethyl adjacent to an activating group) is 1. The second kappa shape index (κ2) is 6.61. The molecule has 0 fully saturated rings. The number of rotatable bonds is 6. The van der Waals surface area contributed by atoms with Crippen molar-refractivity contribution in [1.82, 2.24) is 15.5 Å². The fraction of sp³-hybridized carbons (Fsp3) is 0.467. The van der Waals surface area contributed by atoms with Gasteiger partial charge in [-0.2, -0.15) is 4.98 Å². The SMILES string of the molecule is CCNC(C)C(CC)c1nc(-c2cccc(F)c2)no1. The van der Waals surface area contributed by atoms with Crippen molar-refractivity contribution in [3.05, 3.63) is 36.0 Å². The molecule has 0 aliphatic heterocycles. The molecule has 2 rings (SSSR count). The number of benzene rings is 1. The number of aromatic nitrogens is 2. The van der Waals surface area contributed by atoms with Crippen LogP contribution in [0.4, 0.5) is 4.39 Å². The van der Waals surface area contributed by atoms with Crippen LogP contribution < -0.4 is 5.32 Å². The topological polar surface area (TPSA) is 51.0 Å². The summed E-state index contributed by atoms with van der Waals surface area (Å²) in [6, 6.07) is 6.47. The van der Waals surface area contributed by atoms with Crippen LogP contribution in [0.1, 0.15) is 39.0 Å². The van der Waals surface area contributed by atoms with E-state index in [9.17, 15) is 4.39 Å². The first-order chi connectivity index (χ1) is 9.65. The van der Waals surface area contributed by atoms with Crippen molar-refractivity contribution < 1.29 is 8.91 Å². The van der Waals surface area contributed by atoms with Crippen molar-refractivity contribution >= 4 is 0 Å². The van der Waals surface area contributed by atoms with Gasteiger partial charge in [0.25, 0.3) is 0 Å². The Morgan fingerprint density at radius 3 is 2.80 bits per heavy atom. The molecule has 1 aromatic heterocycles. The van der Waals surface area contributed by atoms with Crippen molar-refractivity contribution in [3.8, 4) is 11.4 Å². The van der Waals surface area contributed by atoms with Gasteiger partial charge >= 0.3 is 0 Å². The molecule has 0 aliphatic carbocycles. The van der Waals surface area contributed by atoms with E-state index in [0.717, 1.165) is 13.0 Å². The predicted molar refractivity (Wildman–Crippen MR) is 75.9 cm³/mol. The van der Waals surface area contributed by atoms with Gasteiger partial charge in [-0.3, -0.25) is 0 Å². The van der Waals surface area contributed by atoms with E-state index >= 15 is 0 Å². The molecule has 0 saturated heterocycles. The Bertz CT molecular complexity index is 556. The van der Waals surface area contributed by atoms with Gasteiger partial charge in [-0.1, -0.05) is 31.1 Å². The molecule has 1 aromatic carbocycles. The number of nitrogens with zero attached hydrogens (tertiary/aromatic N) is 2. The van der Waals surface area contributed by atoms with E-state index in [1.165, 1.54) is 12.1 Å². The Kier molecular flexibility index (Phi) is 4.84. The molecule has 0 bridgehead atoms. The lowest BCUT2D eigenvalue weighted by atomic mass is 9.98. The Balaban J connectivity index is 2.23. The molecule has 2 unspecified atom stereocenters. The first-order valence-electron chi connectivity index (χ1n) is 6.98. The second-order valence-corrected chi connectivity index (χ2v) is 4.83. The van der Waals surface area contributed by atoms with Crippen molar-refractivity contribution in [3.63, 3.8) is 0 Å². The average molecular weight is 277 g/mol. The van der Waals surface area contributed by atoms with E-state index in [0.29, 0.717) is 17.3 Å². The standard InChI is InChI=1S/C15H20FN3O/c1-4-13(10(3)17-5-2)15-18-14(19-20-15)11-7-6-8-12(16)9-11/h6-10,13,17H,4-5H2,1-3H3. The third kappa shape index (κ3) is 3.22. The maximum atomic E-state index is 13.2. The van der Waals surface area contributed by atoms with Crippen LogP contribution in [0.5, 0.6) is 0 Å². The average Bonchev–Trinajstić information content (AvgIpc) is 2.89. The molecule has 1 heterocycles. The summed E-state index contributed by atoms with van der Waals surface area (Å²) in [6.07, 6.45) is 0.902. The van der Waals surface area contributed by atoms with Crippen LogP contribution in [0.2, 0.25) is 0 Å². The number of hydrogen-bond donors (Lipinski definition) is 1. The normalized spacial score (nSPS) is 14.2. The fourth-order valence-corrected chi connectivity index (χ4v) is 2.34. The molecule has 0 saturated carbocycles. The molecular formula is C15H20FN3O. The number of hydrogen-bond acceptors (Lipinski definition) is 4. The van der Waals surface area contributed by atoms with Crippen LogP contribution in [0.3, 0.4) is 0 Å². The van der Waals surface area contributed by atoms with Gasteiger partial charge in [0.15, 0.2) is 0 Å². The summed E-state index contributed by atoms with van der Waals surface area (Å²) >= 11 is 0. The van der Waals surface area contributed by atoms with Gasteiger partial charge in [0.1, 0.15) is 5.82 Å². The number of halogens is 1. The molecule has 0 radical (unpaired) electrons. The van der Waals surface area contributed by atoms with Crippen molar-refractivity contribution in [2.24, 2.45) is 0 Å². The van der Waals surface area contributed by atoms with E-state index in [1.807, 2.05) is 0 Å². The maximum Gasteiger partial charge on any atom is 0.231 e. The van der Waals surface area contributed by atoms with E-state index in [1.54, 1.807) is 12.1 Å². The summed E-state index contributed by atoms with van der Waals surface area (Å²) in [5.74, 6) is 0.883. The lowest BCUT2D eigenvalue weighted by Crippen LogP contribution is -2.31. The summed E-state index contributed by atoms with van der Waals surface area (Å²) in [5.41, 5.74) is 0.631. The third-order valence-electron chi connectivity index (χ3n) is 3.41. The minimum Gasteiger partial charge on any atom is -0.339 e. The van der Waals surface area contributed by atoms with Crippen LogP contribution >= 0.6 is 0 Å². The summed E-state index contributed by atoms with van der Waals surface area (Å²) in [5, 5.41) is 7.32. The molecule has 0 aliphatic rings.